The van der Waals surface area contributed by atoms with Gasteiger partial charge in [-0.3, -0.25) is 9.89 Å². The molecule has 0 bridgehead atoms. The van der Waals surface area contributed by atoms with Crippen molar-refractivity contribution in [1.29, 1.82) is 0 Å². The van der Waals surface area contributed by atoms with E-state index in [4.69, 9.17) is 15.9 Å². The predicted octanol–water partition coefficient (Wildman–Crippen LogP) is 3.67. The highest BCUT2D eigenvalue weighted by atomic mass is 16.5. The summed E-state index contributed by atoms with van der Waals surface area (Å²) in [5.41, 5.74) is 3.57. The Labute approximate surface area is 163 Å². The normalized spacial score (nSPS) is 10.1. The van der Waals surface area contributed by atoms with E-state index in [0.717, 1.165) is 22.4 Å². The number of aromatic amines is 1. The Bertz CT molecular complexity index is 975. The van der Waals surface area contributed by atoms with Crippen LogP contribution in [0.3, 0.4) is 0 Å². The van der Waals surface area contributed by atoms with Gasteiger partial charge in [-0.25, -0.2) is 0 Å². The molecular formula is C22H21N3O3. The van der Waals surface area contributed by atoms with E-state index >= 15 is 0 Å². The van der Waals surface area contributed by atoms with Gasteiger partial charge < -0.3 is 14.8 Å². The zero-order valence-corrected chi connectivity index (χ0v) is 15.6. The summed E-state index contributed by atoms with van der Waals surface area (Å²) in [4.78, 5) is 12.5. The fourth-order valence-electron chi connectivity index (χ4n) is 2.82. The van der Waals surface area contributed by atoms with E-state index in [1.54, 1.807) is 25.6 Å². The lowest BCUT2D eigenvalue weighted by molar-refractivity contribution is -0.116. The number of amides is 1. The van der Waals surface area contributed by atoms with E-state index in [-0.39, 0.29) is 12.5 Å². The number of nitrogens with one attached hydrogen (secondary N) is 2. The van der Waals surface area contributed by atoms with Gasteiger partial charge in [-0.1, -0.05) is 30.2 Å². The fraction of sp³-hybridized carbons (Fsp3) is 0.182. The molecule has 0 aliphatic heterocycles. The largest absolute Gasteiger partial charge is 0.493 e. The second kappa shape index (κ2) is 9.28. The third-order valence-electron chi connectivity index (χ3n) is 4.19. The molecule has 0 aliphatic carbocycles. The van der Waals surface area contributed by atoms with Crippen LogP contribution in [0.1, 0.15) is 12.0 Å². The first-order valence-corrected chi connectivity index (χ1v) is 8.82. The zero-order valence-electron chi connectivity index (χ0n) is 15.6. The summed E-state index contributed by atoms with van der Waals surface area (Å²) in [6.45, 7) is 0.175. The van der Waals surface area contributed by atoms with Crippen LogP contribution in [-0.2, 0) is 11.2 Å². The molecule has 1 heterocycles. The lowest BCUT2D eigenvalue weighted by Crippen LogP contribution is -2.13. The van der Waals surface area contributed by atoms with Crippen molar-refractivity contribution < 1.29 is 14.3 Å². The molecule has 0 atom stereocenters. The van der Waals surface area contributed by atoms with E-state index in [1.165, 1.54) is 0 Å². The topological polar surface area (TPSA) is 76.2 Å². The maximum absolute atomic E-state index is 12.5. The first-order chi connectivity index (χ1) is 13.7. The number of carbonyl (C=O) groups excluding carboxylic acids is 1. The van der Waals surface area contributed by atoms with Crippen molar-refractivity contribution in [1.82, 2.24) is 10.2 Å². The Hall–Kier alpha value is -3.72. The van der Waals surface area contributed by atoms with E-state index in [9.17, 15) is 4.79 Å². The highest BCUT2D eigenvalue weighted by Gasteiger charge is 2.11. The van der Waals surface area contributed by atoms with Crippen LogP contribution >= 0.6 is 0 Å². The van der Waals surface area contributed by atoms with Crippen LogP contribution in [0, 0.1) is 12.3 Å². The molecule has 0 fully saturated rings. The molecule has 1 amide bonds. The summed E-state index contributed by atoms with van der Waals surface area (Å²) >= 11 is 0. The van der Waals surface area contributed by atoms with Crippen molar-refractivity contribution in [2.75, 3.05) is 19.0 Å². The number of benzene rings is 2. The molecule has 0 saturated carbocycles. The average Bonchev–Trinajstić information content (AvgIpc) is 3.26. The van der Waals surface area contributed by atoms with Crippen molar-refractivity contribution in [2.45, 2.75) is 12.8 Å². The zero-order chi connectivity index (χ0) is 19.8. The third kappa shape index (κ3) is 4.71. The summed E-state index contributed by atoms with van der Waals surface area (Å²) in [6.07, 6.45) is 9.65. The number of methoxy groups -OCH3 is 1. The molecule has 142 valence electrons. The third-order valence-corrected chi connectivity index (χ3v) is 4.19. The Balaban J connectivity index is 1.63. The predicted molar refractivity (Wildman–Crippen MR) is 108 cm³/mol. The number of H-pyrrole nitrogens is 1. The maximum Gasteiger partial charge on any atom is 0.224 e. The molecule has 0 spiro atoms. The molecule has 6 heteroatoms. The molecule has 1 aromatic heterocycles. The van der Waals surface area contributed by atoms with Crippen molar-refractivity contribution in [2.24, 2.45) is 0 Å². The molecule has 28 heavy (non-hydrogen) atoms. The van der Waals surface area contributed by atoms with E-state index in [1.807, 2.05) is 36.4 Å². The number of rotatable bonds is 8. The van der Waals surface area contributed by atoms with E-state index in [2.05, 4.69) is 21.4 Å². The van der Waals surface area contributed by atoms with Crippen molar-refractivity contribution in [3.8, 4) is 35.0 Å². The lowest BCUT2D eigenvalue weighted by atomic mass is 10.1. The van der Waals surface area contributed by atoms with Crippen molar-refractivity contribution in [3.05, 3.63) is 60.4 Å². The van der Waals surface area contributed by atoms with Gasteiger partial charge in [0, 0.05) is 29.4 Å². The van der Waals surface area contributed by atoms with Gasteiger partial charge >= 0.3 is 0 Å². The lowest BCUT2D eigenvalue weighted by Gasteiger charge is -2.12. The Morgan fingerprint density at radius 3 is 2.86 bits per heavy atom. The minimum Gasteiger partial charge on any atom is -0.493 e. The molecule has 0 unspecified atom stereocenters. The maximum atomic E-state index is 12.5. The fourth-order valence-corrected chi connectivity index (χ4v) is 2.82. The number of aromatic nitrogens is 2. The molecule has 3 rings (SSSR count). The number of aryl methyl sites for hydroxylation is 1. The highest BCUT2D eigenvalue weighted by molar-refractivity contribution is 5.95. The number of carbonyl (C=O) groups is 1. The van der Waals surface area contributed by atoms with E-state index in [0.29, 0.717) is 24.3 Å². The molecule has 2 aromatic carbocycles. The number of terminal acetylenes is 1. The second-order valence-electron chi connectivity index (χ2n) is 6.06. The number of nitrogens with zero attached hydrogens (tertiary/aromatic N) is 1. The van der Waals surface area contributed by atoms with Crippen molar-refractivity contribution in [3.63, 3.8) is 0 Å². The Morgan fingerprint density at radius 2 is 2.11 bits per heavy atom. The number of ether oxygens (including phenoxy) is 2. The molecule has 2 N–H and O–H groups in total. The van der Waals surface area contributed by atoms with Gasteiger partial charge in [0.25, 0.3) is 0 Å². The molecule has 0 aliphatic rings. The van der Waals surface area contributed by atoms with Crippen LogP contribution in [0.5, 0.6) is 11.5 Å². The first kappa shape index (κ1) is 19.1. The number of anilines is 1. The monoisotopic (exact) mass is 375 g/mol. The summed E-state index contributed by atoms with van der Waals surface area (Å²) in [6, 6.07) is 13.2. The standard InChI is InChI=1S/C22H21N3O3/c1-3-12-28-20-10-8-16(13-21(20)27-2)9-11-22(26)25-19-7-5-4-6-18(19)17-14-23-24-15-17/h1,4-8,10,13-15H,9,11-12H2,2H3,(H,23,24)(H,25,26). The number of hydrogen-bond donors (Lipinski definition) is 2. The SMILES string of the molecule is C#CCOc1ccc(CCC(=O)Nc2ccccc2-c2cn[nH]c2)cc1OC. The minimum atomic E-state index is -0.0671. The smallest absolute Gasteiger partial charge is 0.224 e. The minimum absolute atomic E-state index is 0.0671. The van der Waals surface area contributed by atoms with Crippen LogP contribution in [0.15, 0.2) is 54.9 Å². The van der Waals surface area contributed by atoms with Gasteiger partial charge in [-0.2, -0.15) is 5.10 Å². The molecule has 0 saturated heterocycles. The first-order valence-electron chi connectivity index (χ1n) is 8.82. The molecule has 3 aromatic rings. The summed E-state index contributed by atoms with van der Waals surface area (Å²) in [5.74, 6) is 3.54. The highest BCUT2D eigenvalue weighted by Crippen LogP contribution is 2.29. The molecular weight excluding hydrogens is 354 g/mol. The van der Waals surface area contributed by atoms with Gasteiger partial charge in [0.05, 0.1) is 13.3 Å². The van der Waals surface area contributed by atoms with Gasteiger partial charge in [0.2, 0.25) is 5.91 Å². The van der Waals surface area contributed by atoms with Gasteiger partial charge in [-0.05, 0) is 30.2 Å². The van der Waals surface area contributed by atoms with Crippen LogP contribution in [0.2, 0.25) is 0 Å². The van der Waals surface area contributed by atoms with Crippen LogP contribution < -0.4 is 14.8 Å². The van der Waals surface area contributed by atoms with Crippen LogP contribution in [0.4, 0.5) is 5.69 Å². The number of para-hydroxylation sites is 1. The van der Waals surface area contributed by atoms with Gasteiger partial charge in [0.15, 0.2) is 11.5 Å². The van der Waals surface area contributed by atoms with Crippen LogP contribution in [-0.4, -0.2) is 29.8 Å². The average molecular weight is 375 g/mol. The molecule has 0 radical (unpaired) electrons. The Morgan fingerprint density at radius 1 is 1.25 bits per heavy atom. The van der Waals surface area contributed by atoms with Gasteiger partial charge in [-0.15, -0.1) is 6.42 Å². The molecule has 6 nitrogen and oxygen atoms in total. The van der Waals surface area contributed by atoms with Crippen molar-refractivity contribution >= 4 is 11.6 Å². The second-order valence-corrected chi connectivity index (χ2v) is 6.06. The Kier molecular flexibility index (Phi) is 6.32. The van der Waals surface area contributed by atoms with Crippen LogP contribution in [0.25, 0.3) is 11.1 Å². The number of hydrogen-bond acceptors (Lipinski definition) is 4. The quantitative estimate of drug-likeness (QED) is 0.589. The summed E-state index contributed by atoms with van der Waals surface area (Å²) in [5, 5.41) is 9.73. The van der Waals surface area contributed by atoms with Gasteiger partial charge in [0.1, 0.15) is 6.61 Å². The summed E-state index contributed by atoms with van der Waals surface area (Å²) in [7, 11) is 1.57. The summed E-state index contributed by atoms with van der Waals surface area (Å²) < 4.78 is 10.8. The van der Waals surface area contributed by atoms with E-state index < -0.39 is 0 Å².